The normalized spacial score (nSPS) is 17.4. The molecule has 0 spiro atoms. The van der Waals surface area contributed by atoms with Gasteiger partial charge in [0, 0.05) is 27.4 Å². The van der Waals surface area contributed by atoms with E-state index in [1.807, 2.05) is 49.4 Å². The van der Waals surface area contributed by atoms with Crippen molar-refractivity contribution >= 4 is 56.1 Å². The average molecular weight is 819 g/mol. The summed E-state index contributed by atoms with van der Waals surface area (Å²) in [4.78, 5) is 73.2. The van der Waals surface area contributed by atoms with E-state index in [0.29, 0.717) is 36.7 Å². The van der Waals surface area contributed by atoms with Gasteiger partial charge in [-0.2, -0.15) is 0 Å². The molecule has 0 aliphatic carbocycles. The van der Waals surface area contributed by atoms with Gasteiger partial charge in [0.25, 0.3) is 5.91 Å². The van der Waals surface area contributed by atoms with Gasteiger partial charge in [0.05, 0.1) is 48.9 Å². The lowest BCUT2D eigenvalue weighted by Gasteiger charge is -2.28. The summed E-state index contributed by atoms with van der Waals surface area (Å²) in [6, 6.07) is 19.7. The molecule has 298 valence electrons. The van der Waals surface area contributed by atoms with Crippen LogP contribution in [0.25, 0.3) is 41.7 Å². The third-order valence-corrected chi connectivity index (χ3v) is 12.9. The molecule has 4 amide bonds. The van der Waals surface area contributed by atoms with Crippen molar-refractivity contribution in [2.75, 3.05) is 27.3 Å². The molecule has 16 heteroatoms. The molecule has 2 aromatic carbocycles. The number of hydrogen-bond acceptors (Lipinski definition) is 10. The van der Waals surface area contributed by atoms with Crippen molar-refractivity contribution in [2.45, 2.75) is 50.4 Å². The predicted molar refractivity (Wildman–Crippen MR) is 222 cm³/mol. The van der Waals surface area contributed by atoms with Gasteiger partial charge >= 0.3 is 12.2 Å². The Hall–Kier alpha value is -6.26. The second-order valence-electron chi connectivity index (χ2n) is 14.0. The van der Waals surface area contributed by atoms with Crippen LogP contribution in [-0.4, -0.2) is 87.1 Å². The molecule has 14 nitrogen and oxygen atoms in total. The number of benzene rings is 2. The minimum atomic E-state index is -0.878. The summed E-state index contributed by atoms with van der Waals surface area (Å²) in [7, 11) is 2.56. The molecule has 4 N–H and O–H groups in total. The summed E-state index contributed by atoms with van der Waals surface area (Å²) < 4.78 is 11.9. The van der Waals surface area contributed by atoms with E-state index in [2.05, 4.69) is 62.0 Å². The number of rotatable bonds is 11. The second kappa shape index (κ2) is 16.7. The summed E-state index contributed by atoms with van der Waals surface area (Å²) in [6.07, 6.45) is 8.19. The fourth-order valence-corrected chi connectivity index (χ4v) is 9.87. The number of alkyl carbamates (subject to hydrolysis) is 2. The van der Waals surface area contributed by atoms with Crippen LogP contribution in [0.5, 0.6) is 0 Å². The summed E-state index contributed by atoms with van der Waals surface area (Å²) in [5, 5.41) is 5.34. The maximum Gasteiger partial charge on any atom is 0.407 e. The largest absolute Gasteiger partial charge is 0.453 e. The van der Waals surface area contributed by atoms with Gasteiger partial charge in [0.15, 0.2) is 0 Å². The van der Waals surface area contributed by atoms with Crippen LogP contribution in [0.3, 0.4) is 0 Å². The maximum atomic E-state index is 13.9. The average Bonchev–Trinajstić information content (AvgIpc) is 4.10. The Morgan fingerprint density at radius 1 is 0.810 bits per heavy atom. The van der Waals surface area contributed by atoms with E-state index in [-0.39, 0.29) is 23.9 Å². The minimum absolute atomic E-state index is 0.193. The highest BCUT2D eigenvalue weighted by Gasteiger charge is 2.37. The summed E-state index contributed by atoms with van der Waals surface area (Å²) >= 11 is 3.40. The molecule has 4 atom stereocenters. The highest BCUT2D eigenvalue weighted by atomic mass is 32.1. The molecule has 2 aliphatic heterocycles. The molecule has 0 saturated carbocycles. The number of ether oxygens (including phenoxy) is 2. The lowest BCUT2D eigenvalue weighted by Crippen LogP contribution is -2.48. The third-order valence-electron chi connectivity index (χ3n) is 10.5. The zero-order valence-electron chi connectivity index (χ0n) is 32.1. The van der Waals surface area contributed by atoms with Crippen molar-refractivity contribution in [3.8, 4) is 32.3 Å². The van der Waals surface area contributed by atoms with E-state index >= 15 is 0 Å². The number of likely N-dealkylation sites (tertiary alicyclic amines) is 1. The van der Waals surface area contributed by atoms with Gasteiger partial charge in [0.2, 0.25) is 5.91 Å². The van der Waals surface area contributed by atoms with Crippen LogP contribution >= 0.6 is 22.7 Å². The standard InChI is InChI=1S/C42H42N8O6S2/c1-4-27(47-41(53)55-2)39(51)49-18-8-12-30(49)38-44-23-29(46-38)33-21-35-34(58-33)20-32(57-35)25-16-14-24(15-17-25)28-22-43-37(45-28)31-13-9-19-50(31)40(52)36(48-42(54)56-3)26-10-6-5-7-11-26/h5-8,10-12,14-17,20-23,27,30-31,36H,4,9,13,18-19H2,1-3H3,(H,43,45)(H,44,46)(H,47,53)(H,48,54)/t27-,30+,31+,36-/m1/s1. The SMILES string of the molecule is CC[C@@H](NC(=O)OC)C(=O)N1CC=C[C@H]1c1ncc(-c2cc3sc(-c4ccc(-c5cnc([C@@H]6CCCN6C(=O)[C@H](NC(=O)OC)c6ccccc6)[nH]5)cc4)cc3s2)[nH]1. The molecule has 0 unspecified atom stereocenters. The fourth-order valence-electron chi connectivity index (χ4n) is 7.51. The van der Waals surface area contributed by atoms with E-state index in [4.69, 9.17) is 14.5 Å². The Morgan fingerprint density at radius 2 is 1.47 bits per heavy atom. The van der Waals surface area contributed by atoms with Crippen molar-refractivity contribution in [1.29, 1.82) is 0 Å². The molecule has 4 aromatic heterocycles. The van der Waals surface area contributed by atoms with Gasteiger partial charge in [-0.1, -0.05) is 73.7 Å². The molecule has 6 aromatic rings. The highest BCUT2D eigenvalue weighted by molar-refractivity contribution is 7.31. The number of methoxy groups -OCH3 is 2. The van der Waals surface area contributed by atoms with Gasteiger partial charge in [0.1, 0.15) is 29.8 Å². The number of aromatic nitrogens is 4. The van der Waals surface area contributed by atoms with Crippen LogP contribution in [0.4, 0.5) is 9.59 Å². The lowest BCUT2D eigenvalue weighted by atomic mass is 10.1. The Kier molecular flexibility index (Phi) is 11.1. The fraction of sp³-hybridized carbons (Fsp3) is 0.286. The van der Waals surface area contributed by atoms with Crippen LogP contribution in [0.2, 0.25) is 0 Å². The van der Waals surface area contributed by atoms with Crippen molar-refractivity contribution in [1.82, 2.24) is 40.4 Å². The number of thiophene rings is 2. The Balaban J connectivity index is 0.935. The van der Waals surface area contributed by atoms with Crippen LogP contribution in [0, 0.1) is 0 Å². The van der Waals surface area contributed by atoms with Crippen LogP contribution in [-0.2, 0) is 19.1 Å². The quantitative estimate of drug-likeness (QED) is 0.0961. The number of fused-ring (bicyclic) bond motifs is 1. The first-order valence-electron chi connectivity index (χ1n) is 19.0. The van der Waals surface area contributed by atoms with Gasteiger partial charge in [-0.25, -0.2) is 19.6 Å². The molecule has 1 fully saturated rings. The van der Waals surface area contributed by atoms with E-state index in [1.165, 1.54) is 14.2 Å². The summed E-state index contributed by atoms with van der Waals surface area (Å²) in [5.74, 6) is 0.960. The molecule has 8 rings (SSSR count). The number of hydrogen-bond donors (Lipinski definition) is 4. The number of amides is 4. The minimum Gasteiger partial charge on any atom is -0.453 e. The zero-order chi connectivity index (χ0) is 40.3. The zero-order valence-corrected chi connectivity index (χ0v) is 33.7. The number of nitrogens with zero attached hydrogens (tertiary/aromatic N) is 4. The van der Waals surface area contributed by atoms with Crippen LogP contribution in [0.15, 0.2) is 91.3 Å². The molecular formula is C42H42N8O6S2. The molecule has 0 bridgehead atoms. The van der Waals surface area contributed by atoms with Crippen LogP contribution in [0.1, 0.15) is 61.5 Å². The van der Waals surface area contributed by atoms with Crippen LogP contribution < -0.4 is 10.6 Å². The first kappa shape index (κ1) is 38.6. The van der Waals surface area contributed by atoms with Gasteiger partial charge in [-0.3, -0.25) is 9.59 Å². The first-order chi connectivity index (χ1) is 28.2. The number of H-pyrrole nitrogens is 2. The molecule has 6 heterocycles. The molecule has 2 aliphatic rings. The summed E-state index contributed by atoms with van der Waals surface area (Å²) in [5.41, 5.74) is 4.49. The molecule has 1 saturated heterocycles. The van der Waals surface area contributed by atoms with E-state index in [0.717, 1.165) is 54.5 Å². The number of carbonyl (C=O) groups is 4. The molecular weight excluding hydrogens is 777 g/mol. The lowest BCUT2D eigenvalue weighted by molar-refractivity contribution is -0.135. The van der Waals surface area contributed by atoms with Gasteiger partial charge in [-0.15, -0.1) is 22.7 Å². The summed E-state index contributed by atoms with van der Waals surface area (Å²) in [6.45, 7) is 2.83. The Labute approximate surface area is 342 Å². The topological polar surface area (TPSA) is 175 Å². The first-order valence-corrected chi connectivity index (χ1v) is 20.6. The smallest absolute Gasteiger partial charge is 0.407 e. The number of carbonyl (C=O) groups excluding carboxylic acids is 4. The number of imidazole rings is 2. The van der Waals surface area contributed by atoms with Gasteiger partial charge < -0.3 is 39.9 Å². The molecule has 0 radical (unpaired) electrons. The van der Waals surface area contributed by atoms with Crippen molar-refractivity contribution in [2.24, 2.45) is 0 Å². The van der Waals surface area contributed by atoms with Gasteiger partial charge in [-0.05, 0) is 48.1 Å². The number of aromatic amines is 2. The maximum absolute atomic E-state index is 13.9. The second-order valence-corrected chi connectivity index (χ2v) is 16.2. The van der Waals surface area contributed by atoms with E-state index in [1.54, 1.807) is 44.9 Å². The monoisotopic (exact) mass is 818 g/mol. The Bertz CT molecular complexity index is 2440. The van der Waals surface area contributed by atoms with Crippen molar-refractivity contribution in [3.63, 3.8) is 0 Å². The number of nitrogens with one attached hydrogen (secondary N) is 4. The van der Waals surface area contributed by atoms with E-state index in [9.17, 15) is 19.2 Å². The van der Waals surface area contributed by atoms with Crippen molar-refractivity contribution < 1.29 is 28.7 Å². The van der Waals surface area contributed by atoms with E-state index < -0.39 is 24.3 Å². The predicted octanol–water partition coefficient (Wildman–Crippen LogP) is 7.74. The molecule has 58 heavy (non-hydrogen) atoms. The highest BCUT2D eigenvalue weighted by Crippen LogP contribution is 2.42. The Morgan fingerprint density at radius 3 is 2.21 bits per heavy atom. The third kappa shape index (κ3) is 7.72. The van der Waals surface area contributed by atoms with Crippen molar-refractivity contribution in [3.05, 3.63) is 108 Å².